The van der Waals surface area contributed by atoms with E-state index in [1.165, 1.54) is 0 Å². The van der Waals surface area contributed by atoms with Crippen molar-refractivity contribution < 1.29 is 14.3 Å². The lowest BCUT2D eigenvalue weighted by Gasteiger charge is -2.32. The number of H-pyrrole nitrogens is 1. The number of hydrogen-bond acceptors (Lipinski definition) is 3. The third-order valence-corrected chi connectivity index (χ3v) is 4.36. The topological polar surface area (TPSA) is 74.4 Å². The van der Waals surface area contributed by atoms with Crippen molar-refractivity contribution in [2.45, 2.75) is 19.9 Å². The number of aromatic nitrogens is 1. The number of benzene rings is 1. The molecule has 2 heterocycles. The lowest BCUT2D eigenvalue weighted by atomic mass is 10.0. The number of morpholine rings is 1. The highest BCUT2D eigenvalue weighted by Crippen LogP contribution is 2.15. The second kappa shape index (κ2) is 7.05. The summed E-state index contributed by atoms with van der Waals surface area (Å²) in [5, 5.41) is 3.95. The number of amides is 2. The Bertz CT molecular complexity index is 732. The normalized spacial score (nSPS) is 16.4. The van der Waals surface area contributed by atoms with Crippen molar-refractivity contribution in [3.63, 3.8) is 0 Å². The number of fused-ring (bicyclic) bond motifs is 1. The van der Waals surface area contributed by atoms with Crippen LogP contribution in [0.15, 0.2) is 30.5 Å². The molecule has 1 atom stereocenters. The summed E-state index contributed by atoms with van der Waals surface area (Å²) in [6.45, 7) is 6.13. The van der Waals surface area contributed by atoms with Gasteiger partial charge in [0, 0.05) is 30.4 Å². The summed E-state index contributed by atoms with van der Waals surface area (Å²) in [4.78, 5) is 30.2. The van der Waals surface area contributed by atoms with Crippen LogP contribution in [-0.4, -0.2) is 54.0 Å². The number of carbonyl (C=O) groups excluding carboxylic acids is 2. The van der Waals surface area contributed by atoms with E-state index in [0.717, 1.165) is 10.9 Å². The molecule has 1 saturated heterocycles. The van der Waals surface area contributed by atoms with Gasteiger partial charge in [-0.1, -0.05) is 19.9 Å². The molecule has 0 saturated carbocycles. The third kappa shape index (κ3) is 3.43. The molecule has 0 aliphatic carbocycles. The summed E-state index contributed by atoms with van der Waals surface area (Å²) in [6.07, 6.45) is 1.84. The average Bonchev–Trinajstić information content (AvgIpc) is 3.07. The third-order valence-electron chi connectivity index (χ3n) is 4.36. The highest BCUT2D eigenvalue weighted by molar-refractivity contribution is 6.00. The summed E-state index contributed by atoms with van der Waals surface area (Å²) >= 11 is 0. The molecule has 3 rings (SSSR count). The summed E-state index contributed by atoms with van der Waals surface area (Å²) < 4.78 is 5.29. The van der Waals surface area contributed by atoms with Crippen molar-refractivity contribution in [2.24, 2.45) is 5.92 Å². The predicted molar refractivity (Wildman–Crippen MR) is 91.8 cm³/mol. The fraction of sp³-hybridized carbons (Fsp3) is 0.444. The Balaban J connectivity index is 1.74. The molecule has 24 heavy (non-hydrogen) atoms. The second-order valence-electron chi connectivity index (χ2n) is 6.41. The van der Waals surface area contributed by atoms with Crippen LogP contribution in [0.2, 0.25) is 0 Å². The summed E-state index contributed by atoms with van der Waals surface area (Å²) in [7, 11) is 0. The van der Waals surface area contributed by atoms with Gasteiger partial charge in [-0.3, -0.25) is 9.59 Å². The number of aromatic amines is 1. The van der Waals surface area contributed by atoms with Gasteiger partial charge in [0.2, 0.25) is 5.91 Å². The van der Waals surface area contributed by atoms with E-state index in [9.17, 15) is 9.59 Å². The van der Waals surface area contributed by atoms with Gasteiger partial charge >= 0.3 is 0 Å². The Morgan fingerprint density at radius 3 is 2.67 bits per heavy atom. The molecule has 6 nitrogen and oxygen atoms in total. The zero-order chi connectivity index (χ0) is 17.1. The van der Waals surface area contributed by atoms with Crippen LogP contribution in [0.25, 0.3) is 10.9 Å². The van der Waals surface area contributed by atoms with Crippen molar-refractivity contribution in [1.82, 2.24) is 15.2 Å². The highest BCUT2D eigenvalue weighted by Gasteiger charge is 2.29. The van der Waals surface area contributed by atoms with Crippen LogP contribution in [0, 0.1) is 5.92 Å². The molecule has 2 amide bonds. The summed E-state index contributed by atoms with van der Waals surface area (Å²) in [5.74, 6) is -0.257. The standard InChI is InChI=1S/C18H23N3O3/c1-12(2)16(18(23)21-7-9-24-10-8-21)20-17(22)14-4-3-13-5-6-19-15(13)11-14/h3-6,11-12,16,19H,7-10H2,1-2H3,(H,20,22)/t16-/m1/s1. The quantitative estimate of drug-likeness (QED) is 0.898. The average molecular weight is 329 g/mol. The first-order chi connectivity index (χ1) is 11.6. The molecule has 0 radical (unpaired) electrons. The van der Waals surface area contributed by atoms with Gasteiger partial charge in [-0.25, -0.2) is 0 Å². The fourth-order valence-corrected chi connectivity index (χ4v) is 2.91. The van der Waals surface area contributed by atoms with Gasteiger partial charge in [-0.15, -0.1) is 0 Å². The fourth-order valence-electron chi connectivity index (χ4n) is 2.91. The first-order valence-corrected chi connectivity index (χ1v) is 8.31. The van der Waals surface area contributed by atoms with Crippen molar-refractivity contribution in [3.05, 3.63) is 36.0 Å². The maximum absolute atomic E-state index is 12.7. The molecular weight excluding hydrogens is 306 g/mol. The molecular formula is C18H23N3O3. The van der Waals surface area contributed by atoms with Crippen molar-refractivity contribution in [1.29, 1.82) is 0 Å². The zero-order valence-corrected chi connectivity index (χ0v) is 14.0. The molecule has 2 N–H and O–H groups in total. The first kappa shape index (κ1) is 16.5. The van der Waals surface area contributed by atoms with Gasteiger partial charge in [-0.2, -0.15) is 0 Å². The minimum absolute atomic E-state index is 0.0125. The molecule has 2 aromatic rings. The van der Waals surface area contributed by atoms with E-state index < -0.39 is 6.04 Å². The van der Waals surface area contributed by atoms with Crippen LogP contribution in [0.5, 0.6) is 0 Å². The number of nitrogens with zero attached hydrogens (tertiary/aromatic N) is 1. The van der Waals surface area contributed by atoms with E-state index in [1.807, 2.05) is 32.2 Å². The van der Waals surface area contributed by atoms with Crippen LogP contribution in [-0.2, 0) is 9.53 Å². The minimum Gasteiger partial charge on any atom is -0.378 e. The largest absolute Gasteiger partial charge is 0.378 e. The maximum Gasteiger partial charge on any atom is 0.252 e. The highest BCUT2D eigenvalue weighted by atomic mass is 16.5. The predicted octanol–water partition coefficient (Wildman–Crippen LogP) is 1.78. The Morgan fingerprint density at radius 1 is 1.21 bits per heavy atom. The molecule has 128 valence electrons. The molecule has 6 heteroatoms. The van der Waals surface area contributed by atoms with Gasteiger partial charge in [0.1, 0.15) is 6.04 Å². The lowest BCUT2D eigenvalue weighted by molar-refractivity contribution is -0.138. The van der Waals surface area contributed by atoms with Crippen LogP contribution in [0.1, 0.15) is 24.2 Å². The van der Waals surface area contributed by atoms with E-state index in [2.05, 4.69) is 10.3 Å². The van der Waals surface area contributed by atoms with Gasteiger partial charge in [0.25, 0.3) is 5.91 Å². The minimum atomic E-state index is -0.532. The van der Waals surface area contributed by atoms with E-state index in [4.69, 9.17) is 4.74 Å². The summed E-state index contributed by atoms with van der Waals surface area (Å²) in [5.41, 5.74) is 1.45. The molecule has 1 aliphatic rings. The van der Waals surface area contributed by atoms with Crippen molar-refractivity contribution in [3.8, 4) is 0 Å². The van der Waals surface area contributed by atoms with Gasteiger partial charge in [-0.05, 0) is 29.5 Å². The second-order valence-corrected chi connectivity index (χ2v) is 6.41. The number of rotatable bonds is 4. The van der Waals surface area contributed by atoms with Gasteiger partial charge in [0.15, 0.2) is 0 Å². The van der Waals surface area contributed by atoms with E-state index in [0.29, 0.717) is 31.9 Å². The Labute approximate surface area is 141 Å². The van der Waals surface area contributed by atoms with E-state index >= 15 is 0 Å². The van der Waals surface area contributed by atoms with Gasteiger partial charge in [0.05, 0.1) is 13.2 Å². The zero-order valence-electron chi connectivity index (χ0n) is 14.0. The maximum atomic E-state index is 12.7. The van der Waals surface area contributed by atoms with Crippen LogP contribution in [0.3, 0.4) is 0 Å². The van der Waals surface area contributed by atoms with E-state index in [1.54, 1.807) is 17.0 Å². The Hall–Kier alpha value is -2.34. The monoisotopic (exact) mass is 329 g/mol. The van der Waals surface area contributed by atoms with Gasteiger partial charge < -0.3 is 19.9 Å². The molecule has 1 aliphatic heterocycles. The Kier molecular flexibility index (Phi) is 4.85. The number of carbonyl (C=O) groups is 2. The van der Waals surface area contributed by atoms with Crippen LogP contribution >= 0.6 is 0 Å². The molecule has 0 bridgehead atoms. The Morgan fingerprint density at radius 2 is 1.96 bits per heavy atom. The van der Waals surface area contributed by atoms with Crippen molar-refractivity contribution in [2.75, 3.05) is 26.3 Å². The SMILES string of the molecule is CC(C)[C@@H](NC(=O)c1ccc2cc[nH]c2c1)C(=O)N1CCOCC1. The van der Waals surface area contributed by atoms with Crippen LogP contribution < -0.4 is 5.32 Å². The molecule has 1 fully saturated rings. The molecule has 1 aromatic heterocycles. The lowest BCUT2D eigenvalue weighted by Crippen LogP contribution is -2.53. The molecule has 0 unspecified atom stereocenters. The van der Waals surface area contributed by atoms with Crippen molar-refractivity contribution >= 4 is 22.7 Å². The first-order valence-electron chi connectivity index (χ1n) is 8.31. The number of hydrogen-bond donors (Lipinski definition) is 2. The smallest absolute Gasteiger partial charge is 0.252 e. The number of nitrogens with one attached hydrogen (secondary N) is 2. The summed E-state index contributed by atoms with van der Waals surface area (Å²) in [6, 6.07) is 6.91. The number of ether oxygens (including phenoxy) is 1. The molecule has 1 aromatic carbocycles. The molecule has 0 spiro atoms. The van der Waals surface area contributed by atoms with E-state index in [-0.39, 0.29) is 17.7 Å². The van der Waals surface area contributed by atoms with Crippen LogP contribution in [0.4, 0.5) is 0 Å².